The van der Waals surface area contributed by atoms with Gasteiger partial charge in [0.15, 0.2) is 0 Å². The number of aromatic nitrogens is 4. The Labute approximate surface area is 184 Å². The highest BCUT2D eigenvalue weighted by molar-refractivity contribution is 6.30. The van der Waals surface area contributed by atoms with Crippen LogP contribution < -0.4 is 5.32 Å². The first-order valence-electron chi connectivity index (χ1n) is 10.2. The van der Waals surface area contributed by atoms with Crippen molar-refractivity contribution < 1.29 is 27.1 Å². The Morgan fingerprint density at radius 3 is 2.72 bits per heavy atom. The standard InChI is InChI=1S/C20H17ClF3N5O3/c21-14-2-1-11-5-13(25-9-29(11)14)15(30)26-19-6-18(7-19,8-19)17-28-27-16(31-17)10-3-12(4-10)32-20(22,23)24/h1-2,5,9-10,12H,3-4,6-8H2,(H,26,30). The number of nitrogens with one attached hydrogen (secondary N) is 1. The number of hydrogen-bond acceptors (Lipinski definition) is 6. The van der Waals surface area contributed by atoms with E-state index in [9.17, 15) is 18.0 Å². The van der Waals surface area contributed by atoms with E-state index in [4.69, 9.17) is 16.0 Å². The number of alkyl halides is 3. The summed E-state index contributed by atoms with van der Waals surface area (Å²) in [5.41, 5.74) is 0.505. The van der Waals surface area contributed by atoms with Crippen LogP contribution in [-0.4, -0.2) is 43.5 Å². The summed E-state index contributed by atoms with van der Waals surface area (Å²) in [5, 5.41) is 11.8. The Morgan fingerprint density at radius 1 is 1.25 bits per heavy atom. The monoisotopic (exact) mass is 467 g/mol. The van der Waals surface area contributed by atoms with Gasteiger partial charge < -0.3 is 9.73 Å². The van der Waals surface area contributed by atoms with Gasteiger partial charge in [0, 0.05) is 11.5 Å². The Bertz CT molecular complexity index is 1210. The smallest absolute Gasteiger partial charge is 0.424 e. The lowest BCUT2D eigenvalue weighted by Crippen LogP contribution is -2.76. The third kappa shape index (κ3) is 3.09. The van der Waals surface area contributed by atoms with E-state index in [1.54, 1.807) is 16.5 Å². The van der Waals surface area contributed by atoms with Crippen molar-refractivity contribution in [2.75, 3.05) is 0 Å². The van der Waals surface area contributed by atoms with E-state index >= 15 is 0 Å². The summed E-state index contributed by atoms with van der Waals surface area (Å²) < 4.78 is 48.3. The van der Waals surface area contributed by atoms with Gasteiger partial charge in [-0.3, -0.25) is 13.9 Å². The topological polar surface area (TPSA) is 94.5 Å². The van der Waals surface area contributed by atoms with Crippen LogP contribution in [0, 0.1) is 0 Å². The van der Waals surface area contributed by atoms with Crippen molar-refractivity contribution in [2.45, 2.75) is 61.4 Å². The number of fused-ring (bicyclic) bond motifs is 1. The van der Waals surface area contributed by atoms with Crippen LogP contribution in [0.15, 0.2) is 28.9 Å². The van der Waals surface area contributed by atoms with Crippen LogP contribution in [0.5, 0.6) is 0 Å². The lowest BCUT2D eigenvalue weighted by Gasteiger charge is -2.68. The Hall–Kier alpha value is -2.66. The molecule has 7 rings (SSSR count). The molecule has 4 saturated carbocycles. The van der Waals surface area contributed by atoms with E-state index < -0.39 is 12.5 Å². The summed E-state index contributed by atoms with van der Waals surface area (Å²) in [5.74, 6) is 0.377. The molecule has 0 saturated heterocycles. The molecule has 0 unspecified atom stereocenters. The van der Waals surface area contributed by atoms with Crippen LogP contribution in [0.4, 0.5) is 13.2 Å². The van der Waals surface area contributed by atoms with E-state index in [-0.39, 0.29) is 35.6 Å². The van der Waals surface area contributed by atoms with E-state index in [0.717, 1.165) is 5.52 Å². The summed E-state index contributed by atoms with van der Waals surface area (Å²) in [6, 6.07) is 5.22. The molecule has 0 atom stereocenters. The molecule has 4 fully saturated rings. The quantitative estimate of drug-likeness (QED) is 0.614. The van der Waals surface area contributed by atoms with Gasteiger partial charge >= 0.3 is 6.36 Å². The van der Waals surface area contributed by atoms with Gasteiger partial charge in [-0.05, 0) is 50.3 Å². The van der Waals surface area contributed by atoms with Crippen molar-refractivity contribution in [3.8, 4) is 0 Å². The molecule has 0 aliphatic heterocycles. The molecular formula is C20H17ClF3N5O3. The average Bonchev–Trinajstić information content (AvgIpc) is 3.25. The number of rotatable bonds is 5. The van der Waals surface area contributed by atoms with E-state index in [1.165, 1.54) is 6.33 Å². The second-order valence-corrected chi connectivity index (χ2v) is 9.46. The maximum atomic E-state index is 12.7. The molecule has 168 valence electrons. The maximum Gasteiger partial charge on any atom is 0.522 e. The number of ether oxygens (including phenoxy) is 1. The highest BCUT2D eigenvalue weighted by Gasteiger charge is 2.72. The largest absolute Gasteiger partial charge is 0.522 e. The third-order valence-corrected chi connectivity index (χ3v) is 7.09. The highest BCUT2D eigenvalue weighted by atomic mass is 35.5. The number of carbonyl (C=O) groups is 1. The van der Waals surface area contributed by atoms with Gasteiger partial charge in [0.2, 0.25) is 11.8 Å². The predicted octanol–water partition coefficient (Wildman–Crippen LogP) is 3.76. The molecule has 4 aliphatic carbocycles. The van der Waals surface area contributed by atoms with Crippen LogP contribution in [0.3, 0.4) is 0 Å². The molecule has 12 heteroatoms. The van der Waals surface area contributed by atoms with Crippen LogP contribution in [-0.2, 0) is 10.2 Å². The van der Waals surface area contributed by atoms with Crippen LogP contribution in [0.2, 0.25) is 5.15 Å². The number of hydrogen-bond donors (Lipinski definition) is 1. The van der Waals surface area contributed by atoms with Crippen LogP contribution in [0.1, 0.15) is 60.3 Å². The summed E-state index contributed by atoms with van der Waals surface area (Å²) in [4.78, 5) is 16.9. The van der Waals surface area contributed by atoms with Crippen molar-refractivity contribution in [3.05, 3.63) is 47.2 Å². The van der Waals surface area contributed by atoms with Gasteiger partial charge in [-0.2, -0.15) is 0 Å². The first-order valence-corrected chi connectivity index (χ1v) is 10.6. The SMILES string of the molecule is O=C(NC12CC(c3nnc(C4CC(OC(F)(F)F)C4)o3)(C1)C2)c1cc2ccc(Cl)n2cn1. The summed E-state index contributed by atoms with van der Waals surface area (Å²) >= 11 is 6.04. The van der Waals surface area contributed by atoms with Crippen LogP contribution in [0.25, 0.3) is 5.52 Å². The van der Waals surface area contributed by atoms with Gasteiger partial charge in [0.05, 0.1) is 17.0 Å². The molecule has 0 aromatic carbocycles. The molecule has 3 aromatic rings. The lowest BCUT2D eigenvalue weighted by atomic mass is 9.39. The van der Waals surface area contributed by atoms with Crippen molar-refractivity contribution in [2.24, 2.45) is 0 Å². The minimum Gasteiger partial charge on any atom is -0.424 e. The molecule has 3 heterocycles. The second-order valence-electron chi connectivity index (χ2n) is 9.07. The van der Waals surface area contributed by atoms with Gasteiger partial charge in [0.25, 0.3) is 5.91 Å². The zero-order chi connectivity index (χ0) is 22.3. The molecule has 8 nitrogen and oxygen atoms in total. The van der Waals surface area contributed by atoms with Gasteiger partial charge in [-0.15, -0.1) is 23.4 Å². The molecule has 32 heavy (non-hydrogen) atoms. The van der Waals surface area contributed by atoms with Crippen molar-refractivity contribution in [1.29, 1.82) is 0 Å². The fraction of sp³-hybridized carbons (Fsp3) is 0.500. The molecule has 0 radical (unpaired) electrons. The Kier molecular flexibility index (Phi) is 4.02. The zero-order valence-corrected chi connectivity index (χ0v) is 17.3. The van der Waals surface area contributed by atoms with Gasteiger partial charge in [-0.1, -0.05) is 11.6 Å². The Morgan fingerprint density at radius 2 is 2.00 bits per heavy atom. The molecule has 1 N–H and O–H groups in total. The fourth-order valence-electron chi connectivity index (χ4n) is 5.22. The first-order chi connectivity index (χ1) is 15.1. The highest BCUT2D eigenvalue weighted by Crippen LogP contribution is 2.67. The molecular weight excluding hydrogens is 451 g/mol. The fourth-order valence-corrected chi connectivity index (χ4v) is 5.42. The first kappa shape index (κ1) is 20.0. The summed E-state index contributed by atoms with van der Waals surface area (Å²) in [7, 11) is 0. The molecule has 3 aromatic heterocycles. The number of nitrogens with zero attached hydrogens (tertiary/aromatic N) is 4. The molecule has 4 aliphatic rings. The molecule has 0 spiro atoms. The maximum absolute atomic E-state index is 12.7. The van der Waals surface area contributed by atoms with E-state index in [1.807, 2.05) is 6.07 Å². The number of amides is 1. The minimum atomic E-state index is -4.63. The van der Waals surface area contributed by atoms with E-state index in [0.29, 0.717) is 41.9 Å². The normalized spacial score (nSPS) is 31.0. The summed E-state index contributed by atoms with van der Waals surface area (Å²) in [6.07, 6.45) is -1.53. The van der Waals surface area contributed by atoms with Gasteiger partial charge in [-0.25, -0.2) is 4.98 Å². The number of halogens is 4. The molecule has 1 amide bonds. The number of carbonyl (C=O) groups excluding carboxylic acids is 1. The second kappa shape index (κ2) is 6.44. The average molecular weight is 468 g/mol. The van der Waals surface area contributed by atoms with Crippen molar-refractivity contribution in [3.63, 3.8) is 0 Å². The predicted molar refractivity (Wildman–Crippen MR) is 103 cm³/mol. The van der Waals surface area contributed by atoms with Gasteiger partial charge in [0.1, 0.15) is 17.2 Å². The van der Waals surface area contributed by atoms with Crippen LogP contribution >= 0.6 is 11.6 Å². The molecule has 2 bridgehead atoms. The van der Waals surface area contributed by atoms with Crippen molar-refractivity contribution >= 4 is 23.0 Å². The van der Waals surface area contributed by atoms with E-state index in [2.05, 4.69) is 25.2 Å². The summed E-state index contributed by atoms with van der Waals surface area (Å²) in [6.45, 7) is 0. The minimum absolute atomic E-state index is 0.207. The third-order valence-electron chi connectivity index (χ3n) is 6.78. The zero-order valence-electron chi connectivity index (χ0n) is 16.5. The Balaban J connectivity index is 1.06. The lowest BCUT2D eigenvalue weighted by molar-refractivity contribution is -0.352. The van der Waals surface area contributed by atoms with Crippen molar-refractivity contribution in [1.82, 2.24) is 24.9 Å².